The molecule has 2 heterocycles. The number of nitrogen functional groups attached to an aromatic ring is 1. The molecule has 150 valence electrons. The topological polar surface area (TPSA) is 77.0 Å². The minimum Gasteiger partial charge on any atom is -0.336 e. The van der Waals surface area contributed by atoms with Gasteiger partial charge < -0.3 is 10.7 Å². The fourth-order valence-electron chi connectivity index (χ4n) is 4.38. The minimum absolute atomic E-state index is 0.101. The van der Waals surface area contributed by atoms with E-state index in [1.807, 2.05) is 23.1 Å². The average Bonchev–Trinajstić information content (AvgIpc) is 3.10. The van der Waals surface area contributed by atoms with Gasteiger partial charge in [-0.1, -0.05) is 62.1 Å². The van der Waals surface area contributed by atoms with Crippen LogP contribution in [0.4, 0.5) is 5.69 Å². The molecule has 7 heteroatoms. The lowest BCUT2D eigenvalue weighted by atomic mass is 9.86. The van der Waals surface area contributed by atoms with E-state index in [0.717, 1.165) is 49.7 Å². The predicted octanol–water partition coefficient (Wildman–Crippen LogP) is 3.58. The molecule has 28 heavy (non-hydrogen) atoms. The zero-order valence-electron chi connectivity index (χ0n) is 16.3. The van der Waals surface area contributed by atoms with Crippen molar-refractivity contribution in [3.8, 4) is 0 Å². The summed E-state index contributed by atoms with van der Waals surface area (Å²) in [6.07, 6.45) is 10.8. The number of rotatable bonds is 6. The summed E-state index contributed by atoms with van der Waals surface area (Å²) in [5.74, 6) is 8.25. The Morgan fingerprint density at radius 1 is 1.14 bits per heavy atom. The Labute approximate surface area is 170 Å². The van der Waals surface area contributed by atoms with E-state index in [2.05, 4.69) is 16.3 Å². The van der Waals surface area contributed by atoms with Gasteiger partial charge in [-0.15, -0.1) is 10.2 Å². The summed E-state index contributed by atoms with van der Waals surface area (Å²) in [6.45, 7) is 0.776. The molecule has 0 bridgehead atoms. The van der Waals surface area contributed by atoms with Crippen molar-refractivity contribution in [3.05, 3.63) is 35.7 Å². The number of amides is 1. The normalized spacial score (nSPS) is 17.5. The van der Waals surface area contributed by atoms with E-state index in [4.69, 9.17) is 5.84 Å². The van der Waals surface area contributed by atoms with Crippen molar-refractivity contribution >= 4 is 23.4 Å². The van der Waals surface area contributed by atoms with Crippen LogP contribution in [-0.4, -0.2) is 33.1 Å². The van der Waals surface area contributed by atoms with Gasteiger partial charge in [-0.3, -0.25) is 4.79 Å². The molecule has 0 atom stereocenters. The van der Waals surface area contributed by atoms with E-state index in [0.29, 0.717) is 10.9 Å². The largest absolute Gasteiger partial charge is 0.336 e. The molecule has 0 radical (unpaired) electrons. The fourth-order valence-corrected chi connectivity index (χ4v) is 5.13. The Hall–Kier alpha value is -2.02. The standard InChI is InChI=1S/C21H29N5OS/c22-26-19(13-12-16-7-2-1-3-8-16)23-24-21(26)28-15-20(27)25-14-6-10-17-9-4-5-11-18(17)25/h4-5,9,11,16H,1-3,6-8,10,12-15,22H2. The summed E-state index contributed by atoms with van der Waals surface area (Å²) in [6, 6.07) is 8.17. The number of carbonyl (C=O) groups is 1. The van der Waals surface area contributed by atoms with Gasteiger partial charge in [0.2, 0.25) is 11.1 Å². The summed E-state index contributed by atoms with van der Waals surface area (Å²) < 4.78 is 1.57. The zero-order chi connectivity index (χ0) is 19.3. The molecule has 1 aliphatic carbocycles. The van der Waals surface area contributed by atoms with E-state index < -0.39 is 0 Å². The first-order valence-corrected chi connectivity index (χ1v) is 11.4. The Kier molecular flexibility index (Phi) is 6.20. The molecule has 2 aliphatic rings. The number of benzene rings is 1. The molecule has 1 aliphatic heterocycles. The maximum Gasteiger partial charge on any atom is 0.237 e. The monoisotopic (exact) mass is 399 g/mol. The highest BCUT2D eigenvalue weighted by Gasteiger charge is 2.23. The predicted molar refractivity (Wildman–Crippen MR) is 113 cm³/mol. The van der Waals surface area contributed by atoms with Gasteiger partial charge in [-0.25, -0.2) is 4.68 Å². The van der Waals surface area contributed by atoms with Gasteiger partial charge in [0.1, 0.15) is 0 Å². The van der Waals surface area contributed by atoms with E-state index in [1.54, 1.807) is 4.68 Å². The SMILES string of the molecule is Nn1c(CCC2CCCCC2)nnc1SCC(=O)N1CCCc2ccccc21. The Bertz CT molecular complexity index is 815. The molecular formula is C21H29N5OS. The van der Waals surface area contributed by atoms with Gasteiger partial charge in [0.05, 0.1) is 5.75 Å². The molecule has 1 saturated carbocycles. The molecule has 2 N–H and O–H groups in total. The van der Waals surface area contributed by atoms with Crippen LogP contribution in [0.1, 0.15) is 56.3 Å². The molecule has 4 rings (SSSR count). The van der Waals surface area contributed by atoms with Crippen molar-refractivity contribution in [3.63, 3.8) is 0 Å². The van der Waals surface area contributed by atoms with Crippen LogP contribution in [0.3, 0.4) is 0 Å². The fraction of sp³-hybridized carbons (Fsp3) is 0.571. The van der Waals surface area contributed by atoms with Crippen molar-refractivity contribution in [2.45, 2.75) is 62.9 Å². The molecule has 0 saturated heterocycles. The van der Waals surface area contributed by atoms with Gasteiger partial charge in [0.15, 0.2) is 5.82 Å². The summed E-state index contributed by atoms with van der Waals surface area (Å²) in [5, 5.41) is 9.11. The van der Waals surface area contributed by atoms with Crippen LogP contribution in [0.2, 0.25) is 0 Å². The Balaban J connectivity index is 1.33. The molecule has 0 spiro atoms. The summed E-state index contributed by atoms with van der Waals surface area (Å²) in [7, 11) is 0. The zero-order valence-corrected chi connectivity index (χ0v) is 17.2. The van der Waals surface area contributed by atoms with Gasteiger partial charge in [-0.2, -0.15) is 0 Å². The molecule has 1 aromatic carbocycles. The Morgan fingerprint density at radius 2 is 1.96 bits per heavy atom. The quantitative estimate of drug-likeness (QED) is 0.593. The van der Waals surface area contributed by atoms with Crippen LogP contribution in [0.25, 0.3) is 0 Å². The highest BCUT2D eigenvalue weighted by molar-refractivity contribution is 7.99. The first-order chi connectivity index (χ1) is 13.7. The number of nitrogens with zero attached hydrogens (tertiary/aromatic N) is 4. The molecule has 1 amide bonds. The van der Waals surface area contributed by atoms with Crippen LogP contribution in [0.15, 0.2) is 29.4 Å². The number of hydrogen-bond acceptors (Lipinski definition) is 5. The lowest BCUT2D eigenvalue weighted by molar-refractivity contribution is -0.116. The minimum atomic E-state index is 0.101. The number of para-hydroxylation sites is 1. The van der Waals surface area contributed by atoms with Gasteiger partial charge in [-0.05, 0) is 36.8 Å². The second-order valence-electron chi connectivity index (χ2n) is 7.88. The molecule has 1 aromatic heterocycles. The number of fused-ring (bicyclic) bond motifs is 1. The van der Waals surface area contributed by atoms with E-state index >= 15 is 0 Å². The maximum atomic E-state index is 12.8. The van der Waals surface area contributed by atoms with Gasteiger partial charge >= 0.3 is 0 Å². The second kappa shape index (κ2) is 8.99. The maximum absolute atomic E-state index is 12.8. The van der Waals surface area contributed by atoms with E-state index in [9.17, 15) is 4.79 Å². The number of carbonyl (C=O) groups excluding carboxylic acids is 1. The summed E-state index contributed by atoms with van der Waals surface area (Å²) in [4.78, 5) is 14.7. The lowest BCUT2D eigenvalue weighted by Crippen LogP contribution is -2.36. The number of nitrogens with two attached hydrogens (primary N) is 1. The van der Waals surface area contributed by atoms with Crippen LogP contribution in [0.5, 0.6) is 0 Å². The summed E-state index contributed by atoms with van der Waals surface area (Å²) >= 11 is 1.38. The highest BCUT2D eigenvalue weighted by Crippen LogP contribution is 2.29. The van der Waals surface area contributed by atoms with Crippen molar-refractivity contribution in [2.24, 2.45) is 5.92 Å². The number of aromatic nitrogens is 3. The molecule has 0 unspecified atom stereocenters. The van der Waals surface area contributed by atoms with Crippen molar-refractivity contribution < 1.29 is 4.79 Å². The number of hydrogen-bond donors (Lipinski definition) is 1. The van der Waals surface area contributed by atoms with E-state index in [-0.39, 0.29) is 5.91 Å². The highest BCUT2D eigenvalue weighted by atomic mass is 32.2. The molecule has 2 aromatic rings. The second-order valence-corrected chi connectivity index (χ2v) is 8.82. The lowest BCUT2D eigenvalue weighted by Gasteiger charge is -2.29. The number of thioether (sulfide) groups is 1. The third-order valence-electron chi connectivity index (χ3n) is 5.97. The van der Waals surface area contributed by atoms with Crippen LogP contribution >= 0.6 is 11.8 Å². The Morgan fingerprint density at radius 3 is 2.82 bits per heavy atom. The van der Waals surface area contributed by atoms with Crippen LogP contribution in [-0.2, 0) is 17.6 Å². The van der Waals surface area contributed by atoms with Gasteiger partial charge in [0, 0.05) is 18.7 Å². The van der Waals surface area contributed by atoms with Crippen molar-refractivity contribution in [1.29, 1.82) is 0 Å². The molecule has 6 nitrogen and oxygen atoms in total. The van der Waals surface area contributed by atoms with Crippen LogP contribution in [0, 0.1) is 5.92 Å². The first kappa shape index (κ1) is 19.3. The number of aryl methyl sites for hydroxylation is 2. The molecule has 1 fully saturated rings. The van der Waals surface area contributed by atoms with Gasteiger partial charge in [0.25, 0.3) is 0 Å². The third kappa shape index (κ3) is 4.35. The summed E-state index contributed by atoms with van der Waals surface area (Å²) in [5.41, 5.74) is 2.29. The number of anilines is 1. The molecular weight excluding hydrogens is 370 g/mol. The average molecular weight is 400 g/mol. The van der Waals surface area contributed by atoms with Crippen molar-refractivity contribution in [1.82, 2.24) is 14.9 Å². The smallest absolute Gasteiger partial charge is 0.237 e. The third-order valence-corrected chi connectivity index (χ3v) is 6.90. The van der Waals surface area contributed by atoms with Crippen molar-refractivity contribution in [2.75, 3.05) is 23.0 Å². The first-order valence-electron chi connectivity index (χ1n) is 10.4. The van der Waals surface area contributed by atoms with E-state index in [1.165, 1.54) is 49.4 Å². The van der Waals surface area contributed by atoms with Crippen LogP contribution < -0.4 is 10.7 Å².